The molecular formula is C19H14N2O3S. The maximum Gasteiger partial charge on any atom is 0.325 e. The number of hydrogen-bond donors (Lipinski definition) is 0. The quantitative estimate of drug-likeness (QED) is 0.626. The van der Waals surface area contributed by atoms with Crippen LogP contribution >= 0.6 is 0 Å². The van der Waals surface area contributed by atoms with Gasteiger partial charge in [-0.3, -0.25) is 4.28 Å². The van der Waals surface area contributed by atoms with Crippen LogP contribution in [0, 0.1) is 11.3 Å². The zero-order valence-electron chi connectivity index (χ0n) is 13.4. The molecule has 0 N–H and O–H groups in total. The second kappa shape index (κ2) is 6.75. The van der Waals surface area contributed by atoms with Gasteiger partial charge in [-0.2, -0.15) is 13.7 Å². The zero-order valence-corrected chi connectivity index (χ0v) is 14.2. The van der Waals surface area contributed by atoms with E-state index in [1.165, 1.54) is 0 Å². The van der Waals surface area contributed by atoms with Crippen LogP contribution in [-0.4, -0.2) is 20.4 Å². The summed E-state index contributed by atoms with van der Waals surface area (Å²) in [6.07, 6.45) is 7.55. The Balaban J connectivity index is 2.02. The largest absolute Gasteiger partial charge is 0.325 e. The second-order valence-electron chi connectivity index (χ2n) is 5.43. The van der Waals surface area contributed by atoms with Crippen LogP contribution in [0.15, 0.2) is 77.5 Å². The first kappa shape index (κ1) is 16.7. The van der Waals surface area contributed by atoms with Gasteiger partial charge in [0, 0.05) is 5.56 Å². The molecule has 5 nitrogen and oxygen atoms in total. The van der Waals surface area contributed by atoms with E-state index >= 15 is 0 Å². The lowest BCUT2D eigenvalue weighted by Crippen LogP contribution is -2.02. The van der Waals surface area contributed by atoms with E-state index in [1.807, 2.05) is 42.5 Å². The van der Waals surface area contributed by atoms with E-state index in [2.05, 4.69) is 15.5 Å². The third-order valence-electron chi connectivity index (χ3n) is 3.60. The van der Waals surface area contributed by atoms with Gasteiger partial charge in [0.1, 0.15) is 11.8 Å². The average Bonchev–Trinajstić information content (AvgIpc) is 2.61. The molecule has 0 fully saturated rings. The Morgan fingerprint density at radius 3 is 2.40 bits per heavy atom. The average molecular weight is 350 g/mol. The van der Waals surface area contributed by atoms with E-state index in [9.17, 15) is 13.7 Å². The summed E-state index contributed by atoms with van der Waals surface area (Å²) in [7, 11) is -3.64. The van der Waals surface area contributed by atoms with Crippen molar-refractivity contribution in [1.82, 2.24) is 0 Å². The lowest BCUT2D eigenvalue weighted by molar-refractivity contribution is 0.344. The molecule has 0 radical (unpaired) electrons. The summed E-state index contributed by atoms with van der Waals surface area (Å²) in [6, 6.07) is 16.0. The Bertz CT molecular complexity index is 1080. The minimum Gasteiger partial charge on any atom is -0.268 e. The molecule has 124 valence electrons. The number of nitrogens with zero attached hydrogens (tertiary/aromatic N) is 2. The summed E-state index contributed by atoms with van der Waals surface area (Å²) in [5, 5.41) is 15.3. The molecule has 0 aliphatic heterocycles. The fourth-order valence-corrected chi connectivity index (χ4v) is 2.74. The highest BCUT2D eigenvalue weighted by Crippen LogP contribution is 2.28. The third-order valence-corrected chi connectivity index (χ3v) is 3.95. The standard InChI is InChI=1S/C19H14N2O3S/c1-25(22,23)24-21-16-11-9-15(10-12-16)19(13-20)18-8-4-6-14-5-2-3-7-17(14)18/h2-12H,1H3. The van der Waals surface area contributed by atoms with E-state index in [4.69, 9.17) is 0 Å². The molecule has 2 aromatic rings. The number of oxime groups is 1. The van der Waals surface area contributed by atoms with Crippen molar-refractivity contribution in [2.45, 2.75) is 0 Å². The van der Waals surface area contributed by atoms with Crippen LogP contribution in [0.3, 0.4) is 0 Å². The summed E-state index contributed by atoms with van der Waals surface area (Å²) < 4.78 is 26.4. The Kier molecular flexibility index (Phi) is 4.50. The van der Waals surface area contributed by atoms with E-state index in [0.29, 0.717) is 11.3 Å². The molecule has 0 aromatic heterocycles. The van der Waals surface area contributed by atoms with Gasteiger partial charge in [-0.25, -0.2) is 0 Å². The lowest BCUT2D eigenvalue weighted by Gasteiger charge is -2.09. The van der Waals surface area contributed by atoms with Gasteiger partial charge in [0.15, 0.2) is 0 Å². The van der Waals surface area contributed by atoms with Crippen molar-refractivity contribution in [2.24, 2.45) is 5.16 Å². The number of hydrogen-bond acceptors (Lipinski definition) is 5. The number of benzene rings is 2. The van der Waals surface area contributed by atoms with Gasteiger partial charge in [0.05, 0.1) is 11.8 Å². The Hall–Kier alpha value is -3.17. The first-order chi connectivity index (χ1) is 12.0. The Morgan fingerprint density at radius 2 is 1.72 bits per heavy atom. The van der Waals surface area contributed by atoms with Gasteiger partial charge in [-0.05, 0) is 28.5 Å². The zero-order chi connectivity index (χ0) is 17.9. The second-order valence-corrected chi connectivity index (χ2v) is 6.99. The molecule has 0 amide bonds. The molecule has 0 spiro atoms. The first-order valence-electron chi connectivity index (χ1n) is 7.43. The topological polar surface area (TPSA) is 79.5 Å². The highest BCUT2D eigenvalue weighted by Gasteiger charge is 2.11. The van der Waals surface area contributed by atoms with Crippen molar-refractivity contribution < 1.29 is 12.7 Å². The van der Waals surface area contributed by atoms with Crippen molar-refractivity contribution in [1.29, 1.82) is 5.26 Å². The van der Waals surface area contributed by atoms with E-state index in [1.54, 1.807) is 24.3 Å². The van der Waals surface area contributed by atoms with Crippen molar-refractivity contribution in [3.8, 4) is 6.07 Å². The molecule has 3 rings (SSSR count). The van der Waals surface area contributed by atoms with Crippen LogP contribution in [0.2, 0.25) is 0 Å². The molecule has 1 aliphatic carbocycles. The molecule has 6 heteroatoms. The summed E-state index contributed by atoms with van der Waals surface area (Å²) in [6.45, 7) is 0. The Morgan fingerprint density at radius 1 is 1.04 bits per heavy atom. The summed E-state index contributed by atoms with van der Waals surface area (Å²) in [5.41, 5.74) is 2.45. The fraction of sp³-hybridized carbons (Fsp3) is 0.0526. The highest BCUT2D eigenvalue weighted by molar-refractivity contribution is 7.85. The van der Waals surface area contributed by atoms with Crippen LogP contribution in [0.5, 0.6) is 0 Å². The highest BCUT2D eigenvalue weighted by atomic mass is 32.2. The minimum absolute atomic E-state index is 0.351. The van der Waals surface area contributed by atoms with Gasteiger partial charge >= 0.3 is 10.1 Å². The fourth-order valence-electron chi connectivity index (χ4n) is 2.52. The molecule has 0 saturated carbocycles. The molecule has 0 bridgehead atoms. The van der Waals surface area contributed by atoms with Crippen LogP contribution in [0.1, 0.15) is 5.56 Å². The Labute approximate surface area is 146 Å². The molecule has 0 unspecified atom stereocenters. The molecule has 0 saturated heterocycles. The van der Waals surface area contributed by atoms with Gasteiger partial charge in [0.25, 0.3) is 0 Å². The molecule has 0 heterocycles. The lowest BCUT2D eigenvalue weighted by atomic mass is 9.93. The number of fused-ring (bicyclic) bond motifs is 1. The number of allylic oxidation sites excluding steroid dienone is 6. The summed E-state index contributed by atoms with van der Waals surface area (Å²) >= 11 is 0. The predicted octanol–water partition coefficient (Wildman–Crippen LogP) is 3.58. The maximum atomic E-state index is 11.0. The predicted molar refractivity (Wildman–Crippen MR) is 98.1 cm³/mol. The molecule has 0 atom stereocenters. The SMILES string of the molecule is CS(=O)(=O)ON=C1C=CC(=C(C#N)c2cccc3ccccc23)C=C1. The van der Waals surface area contributed by atoms with Gasteiger partial charge < -0.3 is 0 Å². The molecule has 2 aromatic carbocycles. The monoisotopic (exact) mass is 350 g/mol. The third kappa shape index (κ3) is 3.84. The van der Waals surface area contributed by atoms with Gasteiger partial charge in [-0.15, -0.1) is 0 Å². The van der Waals surface area contributed by atoms with Crippen LogP contribution in [0.25, 0.3) is 16.3 Å². The van der Waals surface area contributed by atoms with E-state index < -0.39 is 10.1 Å². The normalized spacial score (nSPS) is 13.6. The van der Waals surface area contributed by atoms with Crippen molar-refractivity contribution in [3.05, 3.63) is 77.9 Å². The number of nitriles is 1. The molecule has 1 aliphatic rings. The van der Waals surface area contributed by atoms with Crippen molar-refractivity contribution in [2.75, 3.05) is 6.26 Å². The molecular weight excluding hydrogens is 336 g/mol. The van der Waals surface area contributed by atoms with E-state index in [-0.39, 0.29) is 0 Å². The minimum atomic E-state index is -3.64. The van der Waals surface area contributed by atoms with Crippen LogP contribution in [-0.2, 0) is 14.4 Å². The van der Waals surface area contributed by atoms with Crippen molar-refractivity contribution >= 4 is 32.2 Å². The van der Waals surface area contributed by atoms with Crippen molar-refractivity contribution in [3.63, 3.8) is 0 Å². The van der Waals surface area contributed by atoms with Gasteiger partial charge in [0.2, 0.25) is 0 Å². The smallest absolute Gasteiger partial charge is 0.268 e. The molecule has 25 heavy (non-hydrogen) atoms. The first-order valence-corrected chi connectivity index (χ1v) is 9.25. The summed E-state index contributed by atoms with van der Waals surface area (Å²) in [5.74, 6) is 0. The maximum absolute atomic E-state index is 11.0. The van der Waals surface area contributed by atoms with Crippen LogP contribution in [0.4, 0.5) is 0 Å². The van der Waals surface area contributed by atoms with E-state index in [0.717, 1.165) is 28.2 Å². The summed E-state index contributed by atoms with van der Waals surface area (Å²) in [4.78, 5) is 0. The van der Waals surface area contributed by atoms with Gasteiger partial charge in [-0.1, -0.05) is 59.8 Å². The van der Waals surface area contributed by atoms with Crippen LogP contribution < -0.4 is 0 Å². The number of rotatable bonds is 3.